The number of ether oxygens (including phenoxy) is 1. The van der Waals surface area contributed by atoms with Crippen molar-refractivity contribution in [1.82, 2.24) is 9.21 Å². The van der Waals surface area contributed by atoms with Crippen LogP contribution in [-0.4, -0.2) is 88.1 Å². The first-order valence-electron chi connectivity index (χ1n) is 10.3. The molecule has 0 saturated carbocycles. The van der Waals surface area contributed by atoms with Crippen LogP contribution in [0, 0.1) is 0 Å². The van der Waals surface area contributed by atoms with Crippen molar-refractivity contribution in [2.24, 2.45) is 0 Å². The Morgan fingerprint density at radius 3 is 2.33 bits per heavy atom. The molecule has 1 aliphatic rings. The van der Waals surface area contributed by atoms with Gasteiger partial charge in [0, 0.05) is 32.2 Å². The average molecular weight is 504 g/mol. The van der Waals surface area contributed by atoms with Crippen molar-refractivity contribution in [2.45, 2.75) is 37.6 Å². The molecule has 184 valence electrons. The number of carbonyl (C=O) groups is 3. The fraction of sp³-hybridized carbons (Fsp3) is 0.550. The summed E-state index contributed by atoms with van der Waals surface area (Å²) >= 11 is 0. The molecule has 1 fully saturated rings. The maximum Gasteiger partial charge on any atom is 0.321 e. The van der Waals surface area contributed by atoms with E-state index in [9.17, 15) is 31.2 Å². The molecule has 2 rings (SSSR count). The molecule has 1 aromatic carbocycles. The SMILES string of the molecule is CCCN(C(=O)COC(=O)CN(C)S(=O)(=O)c1ccc(NC(C)=O)cc1)[C@@H]1CCS(=O)(=O)C1. The molecule has 33 heavy (non-hydrogen) atoms. The molecule has 0 spiro atoms. The number of nitrogens with zero attached hydrogens (tertiary/aromatic N) is 2. The van der Waals surface area contributed by atoms with Crippen LogP contribution in [0.25, 0.3) is 0 Å². The van der Waals surface area contributed by atoms with Crippen LogP contribution in [0.5, 0.6) is 0 Å². The molecule has 0 radical (unpaired) electrons. The lowest BCUT2D eigenvalue weighted by molar-refractivity contribution is -0.152. The van der Waals surface area contributed by atoms with Gasteiger partial charge in [-0.25, -0.2) is 16.8 Å². The molecule has 13 heteroatoms. The van der Waals surface area contributed by atoms with Gasteiger partial charge in [-0.15, -0.1) is 0 Å². The van der Waals surface area contributed by atoms with E-state index in [-0.39, 0.29) is 22.3 Å². The van der Waals surface area contributed by atoms with Gasteiger partial charge < -0.3 is 15.0 Å². The largest absolute Gasteiger partial charge is 0.455 e. The zero-order valence-corrected chi connectivity index (χ0v) is 20.4. The minimum atomic E-state index is -4.01. The van der Waals surface area contributed by atoms with Crippen LogP contribution < -0.4 is 5.32 Å². The number of sulfone groups is 1. The van der Waals surface area contributed by atoms with Crippen LogP contribution >= 0.6 is 0 Å². The Morgan fingerprint density at radius 1 is 1.18 bits per heavy atom. The third kappa shape index (κ3) is 7.51. The Morgan fingerprint density at radius 2 is 1.82 bits per heavy atom. The van der Waals surface area contributed by atoms with Crippen LogP contribution in [0.3, 0.4) is 0 Å². The van der Waals surface area contributed by atoms with Crippen molar-refractivity contribution in [3.63, 3.8) is 0 Å². The number of esters is 1. The highest BCUT2D eigenvalue weighted by Crippen LogP contribution is 2.19. The first-order chi connectivity index (χ1) is 15.4. The summed E-state index contributed by atoms with van der Waals surface area (Å²) in [6.07, 6.45) is 0.946. The number of carbonyl (C=O) groups excluding carboxylic acids is 3. The number of sulfonamides is 1. The fourth-order valence-corrected chi connectivity index (χ4v) is 6.25. The van der Waals surface area contributed by atoms with Gasteiger partial charge in [0.2, 0.25) is 15.9 Å². The third-order valence-corrected chi connectivity index (χ3v) is 8.59. The summed E-state index contributed by atoms with van der Waals surface area (Å²) in [5.74, 6) is -1.84. The second-order valence-corrected chi connectivity index (χ2v) is 12.0. The average Bonchev–Trinajstić information content (AvgIpc) is 3.09. The number of amides is 2. The second kappa shape index (κ2) is 11.1. The van der Waals surface area contributed by atoms with Gasteiger partial charge in [0.15, 0.2) is 16.4 Å². The normalized spacial score (nSPS) is 17.5. The molecule has 0 aliphatic carbocycles. The monoisotopic (exact) mass is 503 g/mol. The highest BCUT2D eigenvalue weighted by Gasteiger charge is 2.34. The Hall–Kier alpha value is -2.51. The van der Waals surface area contributed by atoms with E-state index in [4.69, 9.17) is 4.74 Å². The van der Waals surface area contributed by atoms with E-state index in [0.29, 0.717) is 25.1 Å². The van der Waals surface area contributed by atoms with Crippen LogP contribution in [0.15, 0.2) is 29.2 Å². The Kier molecular flexibility index (Phi) is 8.97. The maximum absolute atomic E-state index is 12.7. The highest BCUT2D eigenvalue weighted by atomic mass is 32.2. The molecular weight excluding hydrogens is 474 g/mol. The van der Waals surface area contributed by atoms with E-state index >= 15 is 0 Å². The van der Waals surface area contributed by atoms with E-state index in [1.807, 2.05) is 6.92 Å². The first kappa shape index (κ1) is 26.7. The number of benzene rings is 1. The molecule has 1 aliphatic heterocycles. The molecule has 0 bridgehead atoms. The van der Waals surface area contributed by atoms with E-state index in [1.54, 1.807) is 0 Å². The molecule has 1 heterocycles. The number of hydrogen-bond acceptors (Lipinski definition) is 8. The fourth-order valence-electron chi connectivity index (χ4n) is 3.40. The lowest BCUT2D eigenvalue weighted by Gasteiger charge is -2.27. The van der Waals surface area contributed by atoms with E-state index < -0.39 is 50.9 Å². The Balaban J connectivity index is 1.94. The minimum Gasteiger partial charge on any atom is -0.455 e. The van der Waals surface area contributed by atoms with Gasteiger partial charge in [-0.2, -0.15) is 4.31 Å². The van der Waals surface area contributed by atoms with E-state index in [1.165, 1.54) is 43.1 Å². The summed E-state index contributed by atoms with van der Waals surface area (Å²) in [5.41, 5.74) is 0.425. The smallest absolute Gasteiger partial charge is 0.321 e. The number of likely N-dealkylation sites (N-methyl/N-ethyl adjacent to an activating group) is 1. The summed E-state index contributed by atoms with van der Waals surface area (Å²) in [4.78, 5) is 37.1. The third-order valence-electron chi connectivity index (χ3n) is 5.03. The van der Waals surface area contributed by atoms with E-state index in [2.05, 4.69) is 5.32 Å². The van der Waals surface area contributed by atoms with Crippen molar-refractivity contribution in [1.29, 1.82) is 0 Å². The first-order valence-corrected chi connectivity index (χ1v) is 13.6. The number of nitrogens with one attached hydrogen (secondary N) is 1. The Labute approximate surface area is 194 Å². The predicted octanol–water partition coefficient (Wildman–Crippen LogP) is 0.234. The lowest BCUT2D eigenvalue weighted by Crippen LogP contribution is -2.44. The van der Waals surface area contributed by atoms with Gasteiger partial charge in [-0.1, -0.05) is 6.92 Å². The van der Waals surface area contributed by atoms with Gasteiger partial charge in [0.1, 0.15) is 6.54 Å². The van der Waals surface area contributed by atoms with Crippen molar-refractivity contribution in [2.75, 3.05) is 43.6 Å². The van der Waals surface area contributed by atoms with Crippen LogP contribution in [0.2, 0.25) is 0 Å². The molecule has 1 aromatic rings. The van der Waals surface area contributed by atoms with Crippen LogP contribution in [-0.2, 0) is 39.0 Å². The van der Waals surface area contributed by atoms with Gasteiger partial charge in [-0.3, -0.25) is 14.4 Å². The zero-order chi connectivity index (χ0) is 24.8. The predicted molar refractivity (Wildman–Crippen MR) is 121 cm³/mol. The standard InChI is InChI=1S/C20H29N3O8S2/c1-4-10-23(17-9-11-32(27,28)14-17)19(25)13-31-20(26)12-22(3)33(29,30)18-7-5-16(6-8-18)21-15(2)24/h5-8,17H,4,9-14H2,1-3H3,(H,21,24)/t17-/m1/s1. The molecule has 1 N–H and O–H groups in total. The molecule has 11 nitrogen and oxygen atoms in total. The van der Waals surface area contributed by atoms with Crippen LogP contribution in [0.4, 0.5) is 5.69 Å². The maximum atomic E-state index is 12.7. The zero-order valence-electron chi connectivity index (χ0n) is 18.8. The minimum absolute atomic E-state index is 0.0133. The summed E-state index contributed by atoms with van der Waals surface area (Å²) in [7, 11) is -6.00. The number of rotatable bonds is 10. The summed E-state index contributed by atoms with van der Waals surface area (Å²) in [6, 6.07) is 4.98. The van der Waals surface area contributed by atoms with Crippen molar-refractivity contribution in [3.8, 4) is 0 Å². The molecule has 1 atom stereocenters. The summed E-state index contributed by atoms with van der Waals surface area (Å²) < 4.78 is 54.6. The van der Waals surface area contributed by atoms with Crippen molar-refractivity contribution >= 4 is 43.3 Å². The molecule has 0 unspecified atom stereocenters. The van der Waals surface area contributed by atoms with E-state index in [0.717, 1.165) is 4.31 Å². The summed E-state index contributed by atoms with van der Waals surface area (Å²) in [6.45, 7) is 2.28. The number of anilines is 1. The topological polar surface area (TPSA) is 147 Å². The molecular formula is C20H29N3O8S2. The Bertz CT molecular complexity index is 1080. The molecule has 1 saturated heterocycles. The van der Waals surface area contributed by atoms with Gasteiger partial charge >= 0.3 is 5.97 Å². The summed E-state index contributed by atoms with van der Waals surface area (Å²) in [5, 5.41) is 2.52. The lowest BCUT2D eigenvalue weighted by atomic mass is 10.2. The molecule has 0 aromatic heterocycles. The van der Waals surface area contributed by atoms with Crippen molar-refractivity contribution < 1.29 is 36.0 Å². The second-order valence-electron chi connectivity index (χ2n) is 7.77. The van der Waals surface area contributed by atoms with Gasteiger partial charge in [-0.05, 0) is 37.1 Å². The van der Waals surface area contributed by atoms with Crippen molar-refractivity contribution in [3.05, 3.63) is 24.3 Å². The van der Waals surface area contributed by atoms with Crippen LogP contribution in [0.1, 0.15) is 26.7 Å². The van der Waals surface area contributed by atoms with Gasteiger partial charge in [0.25, 0.3) is 5.91 Å². The molecule has 2 amide bonds. The quantitative estimate of drug-likeness (QED) is 0.447. The number of hydrogen-bond donors (Lipinski definition) is 1. The highest BCUT2D eigenvalue weighted by molar-refractivity contribution is 7.91. The van der Waals surface area contributed by atoms with Gasteiger partial charge in [0.05, 0.1) is 16.4 Å².